The topological polar surface area (TPSA) is 57.6 Å². The second-order valence-electron chi connectivity index (χ2n) is 7.21. The number of carboxylic acids is 1. The predicted octanol–water partition coefficient (Wildman–Crippen LogP) is 4.19. The van der Waals surface area contributed by atoms with E-state index in [2.05, 4.69) is 0 Å². The lowest BCUT2D eigenvalue weighted by Crippen LogP contribution is -2.43. The van der Waals surface area contributed by atoms with E-state index in [1.165, 1.54) is 0 Å². The van der Waals surface area contributed by atoms with Gasteiger partial charge in [0.2, 0.25) is 5.91 Å². The van der Waals surface area contributed by atoms with Crippen LogP contribution < -0.4 is 4.90 Å². The van der Waals surface area contributed by atoms with Gasteiger partial charge in [0, 0.05) is 5.69 Å². The smallest absolute Gasteiger partial charge is 0.304 e. The van der Waals surface area contributed by atoms with Crippen molar-refractivity contribution in [2.75, 3.05) is 4.90 Å². The summed E-state index contributed by atoms with van der Waals surface area (Å²) in [7, 11) is 0. The Bertz CT molecular complexity index is 1000. The number of para-hydroxylation sites is 1. The molecular formula is C24H21NO3. The summed E-state index contributed by atoms with van der Waals surface area (Å²) in [6.07, 6.45) is 0.129. The summed E-state index contributed by atoms with van der Waals surface area (Å²) in [6, 6.07) is 27.0. The monoisotopic (exact) mass is 371 g/mol. The Morgan fingerprint density at radius 2 is 1.39 bits per heavy atom. The predicted molar refractivity (Wildman–Crippen MR) is 108 cm³/mol. The Morgan fingerprint density at radius 1 is 0.821 bits per heavy atom. The number of nitrogens with zero attached hydrogens (tertiary/aromatic N) is 1. The first-order chi connectivity index (χ1) is 13.6. The van der Waals surface area contributed by atoms with Crippen LogP contribution >= 0.6 is 0 Å². The van der Waals surface area contributed by atoms with Gasteiger partial charge in [-0.05, 0) is 29.2 Å². The molecule has 1 heterocycles. The van der Waals surface area contributed by atoms with Gasteiger partial charge < -0.3 is 10.0 Å². The summed E-state index contributed by atoms with van der Waals surface area (Å²) in [6.45, 7) is 0.423. The van der Waals surface area contributed by atoms with Gasteiger partial charge >= 0.3 is 5.97 Å². The highest BCUT2D eigenvalue weighted by atomic mass is 16.4. The highest BCUT2D eigenvalue weighted by Crippen LogP contribution is 2.46. The summed E-state index contributed by atoms with van der Waals surface area (Å²) in [5.74, 6) is -1.12. The summed E-state index contributed by atoms with van der Waals surface area (Å²) < 4.78 is 0. The molecule has 0 aromatic heterocycles. The van der Waals surface area contributed by atoms with Gasteiger partial charge in [-0.3, -0.25) is 9.59 Å². The molecule has 1 aliphatic heterocycles. The minimum Gasteiger partial charge on any atom is -0.481 e. The SMILES string of the molecule is O=C(O)CC1(Cc2ccccc2)C(=O)N(Cc2ccccc2)c2ccccc21. The number of benzene rings is 3. The van der Waals surface area contributed by atoms with Gasteiger partial charge in [0.1, 0.15) is 0 Å². The molecule has 3 aromatic carbocycles. The molecular weight excluding hydrogens is 350 g/mol. The second-order valence-corrected chi connectivity index (χ2v) is 7.21. The van der Waals surface area contributed by atoms with Gasteiger partial charge in [0.25, 0.3) is 0 Å². The molecule has 1 unspecified atom stereocenters. The van der Waals surface area contributed by atoms with Crippen molar-refractivity contribution in [2.24, 2.45) is 0 Å². The molecule has 0 saturated carbocycles. The number of anilines is 1. The van der Waals surface area contributed by atoms with Crippen LogP contribution in [0.2, 0.25) is 0 Å². The highest BCUT2D eigenvalue weighted by Gasteiger charge is 2.51. The molecule has 0 saturated heterocycles. The van der Waals surface area contributed by atoms with E-state index in [1.807, 2.05) is 84.9 Å². The van der Waals surface area contributed by atoms with Crippen LogP contribution in [0.3, 0.4) is 0 Å². The maximum absolute atomic E-state index is 13.7. The zero-order valence-electron chi connectivity index (χ0n) is 15.4. The lowest BCUT2D eigenvalue weighted by Gasteiger charge is -2.27. The third kappa shape index (κ3) is 3.18. The Labute approximate surface area is 164 Å². The van der Waals surface area contributed by atoms with Crippen LogP contribution in [0.1, 0.15) is 23.1 Å². The number of amides is 1. The first-order valence-corrected chi connectivity index (χ1v) is 9.31. The fourth-order valence-electron chi connectivity index (χ4n) is 4.13. The number of hydrogen-bond acceptors (Lipinski definition) is 2. The molecule has 0 aliphatic carbocycles. The van der Waals surface area contributed by atoms with Crippen molar-refractivity contribution in [2.45, 2.75) is 24.8 Å². The molecule has 4 rings (SSSR count). The van der Waals surface area contributed by atoms with E-state index in [0.29, 0.717) is 13.0 Å². The molecule has 0 radical (unpaired) electrons. The average molecular weight is 371 g/mol. The van der Waals surface area contributed by atoms with Crippen molar-refractivity contribution in [1.29, 1.82) is 0 Å². The minimum absolute atomic E-state index is 0.149. The largest absolute Gasteiger partial charge is 0.481 e. The lowest BCUT2D eigenvalue weighted by molar-refractivity contribution is -0.141. The standard InChI is InChI=1S/C24H21NO3/c26-22(27)16-24(15-18-9-3-1-4-10-18)20-13-7-8-14-21(20)25(23(24)28)17-19-11-5-2-6-12-19/h1-14H,15-17H2,(H,26,27). The Kier molecular flexibility index (Phi) is 4.70. The number of rotatable bonds is 6. The molecule has 1 aliphatic rings. The van der Waals surface area contributed by atoms with E-state index in [9.17, 15) is 14.7 Å². The fourth-order valence-corrected chi connectivity index (χ4v) is 4.13. The van der Waals surface area contributed by atoms with Crippen molar-refractivity contribution in [3.63, 3.8) is 0 Å². The van der Waals surface area contributed by atoms with Gasteiger partial charge in [-0.2, -0.15) is 0 Å². The zero-order chi connectivity index (χ0) is 19.6. The molecule has 1 atom stereocenters. The van der Waals surface area contributed by atoms with Crippen molar-refractivity contribution < 1.29 is 14.7 Å². The first kappa shape index (κ1) is 18.0. The van der Waals surface area contributed by atoms with E-state index in [4.69, 9.17) is 0 Å². The highest BCUT2D eigenvalue weighted by molar-refractivity contribution is 6.09. The van der Waals surface area contributed by atoms with E-state index in [1.54, 1.807) is 4.90 Å². The molecule has 1 N–H and O–H groups in total. The quantitative estimate of drug-likeness (QED) is 0.707. The summed E-state index contributed by atoms with van der Waals surface area (Å²) in [4.78, 5) is 27.2. The van der Waals surface area contributed by atoms with Crippen LogP contribution in [0.5, 0.6) is 0 Å². The van der Waals surface area contributed by atoms with E-state index < -0.39 is 11.4 Å². The Morgan fingerprint density at radius 3 is 2.04 bits per heavy atom. The zero-order valence-corrected chi connectivity index (χ0v) is 15.4. The molecule has 0 bridgehead atoms. The number of aliphatic carboxylic acids is 1. The van der Waals surface area contributed by atoms with Gasteiger partial charge in [-0.1, -0.05) is 78.9 Å². The van der Waals surface area contributed by atoms with Gasteiger partial charge in [-0.25, -0.2) is 0 Å². The molecule has 28 heavy (non-hydrogen) atoms. The summed E-state index contributed by atoms with van der Waals surface area (Å²) in [5.41, 5.74) is 2.46. The van der Waals surface area contributed by atoms with Crippen molar-refractivity contribution in [3.8, 4) is 0 Å². The van der Waals surface area contributed by atoms with Crippen LogP contribution in [-0.2, 0) is 28.0 Å². The van der Waals surface area contributed by atoms with Crippen LogP contribution in [0.25, 0.3) is 0 Å². The van der Waals surface area contributed by atoms with E-state index >= 15 is 0 Å². The third-order valence-corrected chi connectivity index (χ3v) is 5.35. The lowest BCUT2D eigenvalue weighted by atomic mass is 9.74. The van der Waals surface area contributed by atoms with Gasteiger partial charge in [-0.15, -0.1) is 0 Å². The van der Waals surface area contributed by atoms with Crippen molar-refractivity contribution in [3.05, 3.63) is 102 Å². The molecule has 140 valence electrons. The number of carboxylic acid groups (broad SMARTS) is 1. The molecule has 1 amide bonds. The third-order valence-electron chi connectivity index (χ3n) is 5.35. The maximum Gasteiger partial charge on any atom is 0.304 e. The second kappa shape index (κ2) is 7.31. The number of hydrogen-bond donors (Lipinski definition) is 1. The van der Waals surface area contributed by atoms with Crippen LogP contribution in [-0.4, -0.2) is 17.0 Å². The van der Waals surface area contributed by atoms with Gasteiger partial charge in [0.15, 0.2) is 0 Å². The Hall–Kier alpha value is -3.40. The summed E-state index contributed by atoms with van der Waals surface area (Å²) in [5, 5.41) is 9.67. The molecule has 0 spiro atoms. The average Bonchev–Trinajstić information content (AvgIpc) is 2.92. The van der Waals surface area contributed by atoms with E-state index in [-0.39, 0.29) is 12.3 Å². The number of carbonyl (C=O) groups is 2. The normalized spacial score (nSPS) is 18.1. The molecule has 3 aromatic rings. The van der Waals surface area contributed by atoms with Crippen LogP contribution in [0.4, 0.5) is 5.69 Å². The maximum atomic E-state index is 13.7. The Balaban J connectivity index is 1.81. The summed E-state index contributed by atoms with van der Waals surface area (Å²) >= 11 is 0. The van der Waals surface area contributed by atoms with Crippen LogP contribution in [0, 0.1) is 0 Å². The van der Waals surface area contributed by atoms with Crippen LogP contribution in [0.15, 0.2) is 84.9 Å². The molecule has 4 heteroatoms. The minimum atomic E-state index is -1.10. The number of fused-ring (bicyclic) bond motifs is 1. The fraction of sp³-hybridized carbons (Fsp3) is 0.167. The number of carbonyl (C=O) groups excluding carboxylic acids is 1. The van der Waals surface area contributed by atoms with E-state index in [0.717, 1.165) is 22.4 Å². The molecule has 4 nitrogen and oxygen atoms in total. The van der Waals surface area contributed by atoms with Crippen molar-refractivity contribution in [1.82, 2.24) is 0 Å². The van der Waals surface area contributed by atoms with Gasteiger partial charge in [0.05, 0.1) is 18.4 Å². The van der Waals surface area contributed by atoms with Crippen molar-refractivity contribution >= 4 is 17.6 Å². The molecule has 0 fully saturated rings. The first-order valence-electron chi connectivity index (χ1n) is 9.31.